The maximum Gasteiger partial charge on any atom is 0.325 e. The second-order valence-corrected chi connectivity index (χ2v) is 6.23. The number of methoxy groups -OCH3 is 1. The molecule has 0 bridgehead atoms. The van der Waals surface area contributed by atoms with Gasteiger partial charge < -0.3 is 9.64 Å². The molecule has 27 heavy (non-hydrogen) atoms. The molecular formula is C21H21N3O3. The van der Waals surface area contributed by atoms with Crippen LogP contribution in [0, 0.1) is 6.92 Å². The van der Waals surface area contributed by atoms with E-state index < -0.39 is 5.97 Å². The van der Waals surface area contributed by atoms with Gasteiger partial charge in [0.1, 0.15) is 6.54 Å². The first-order valence-corrected chi connectivity index (χ1v) is 8.58. The van der Waals surface area contributed by atoms with Crippen molar-refractivity contribution in [3.8, 4) is 5.69 Å². The summed E-state index contributed by atoms with van der Waals surface area (Å²) in [5, 5.41) is 4.26. The number of amides is 1. The van der Waals surface area contributed by atoms with E-state index in [9.17, 15) is 9.59 Å². The number of aryl methyl sites for hydroxylation is 1. The maximum atomic E-state index is 12.9. The van der Waals surface area contributed by atoms with Crippen LogP contribution in [0.5, 0.6) is 0 Å². The van der Waals surface area contributed by atoms with Crippen molar-refractivity contribution in [2.75, 3.05) is 13.7 Å². The molecule has 1 heterocycles. The van der Waals surface area contributed by atoms with Crippen LogP contribution in [-0.4, -0.2) is 40.2 Å². The summed E-state index contributed by atoms with van der Waals surface area (Å²) < 4.78 is 6.49. The molecule has 0 saturated heterocycles. The van der Waals surface area contributed by atoms with Crippen LogP contribution in [0.1, 0.15) is 21.5 Å². The van der Waals surface area contributed by atoms with Crippen LogP contribution >= 0.6 is 0 Å². The minimum atomic E-state index is -0.456. The zero-order valence-electron chi connectivity index (χ0n) is 15.3. The van der Waals surface area contributed by atoms with Crippen molar-refractivity contribution in [2.45, 2.75) is 13.5 Å². The highest BCUT2D eigenvalue weighted by molar-refractivity contribution is 5.96. The van der Waals surface area contributed by atoms with Crippen molar-refractivity contribution in [2.24, 2.45) is 0 Å². The predicted octanol–water partition coefficient (Wildman–Crippen LogP) is 3.00. The van der Waals surface area contributed by atoms with Gasteiger partial charge in [-0.3, -0.25) is 9.59 Å². The van der Waals surface area contributed by atoms with Gasteiger partial charge in [0, 0.05) is 18.3 Å². The third-order valence-corrected chi connectivity index (χ3v) is 4.14. The summed E-state index contributed by atoms with van der Waals surface area (Å²) in [6.45, 7) is 2.19. The molecule has 0 fully saturated rings. The summed E-state index contributed by atoms with van der Waals surface area (Å²) in [4.78, 5) is 26.2. The molecule has 6 nitrogen and oxygen atoms in total. The number of hydrogen-bond donors (Lipinski definition) is 0. The monoisotopic (exact) mass is 363 g/mol. The SMILES string of the molecule is COC(=O)CN(Cc1ccccc1)C(=O)c1ccc(-n2cc(C)cn2)cc1. The molecular weight excluding hydrogens is 342 g/mol. The fraction of sp³-hybridized carbons (Fsp3) is 0.190. The number of benzene rings is 2. The Balaban J connectivity index is 1.81. The Hall–Kier alpha value is -3.41. The number of ether oxygens (including phenoxy) is 1. The van der Waals surface area contributed by atoms with Gasteiger partial charge in [-0.15, -0.1) is 0 Å². The zero-order chi connectivity index (χ0) is 19.2. The van der Waals surface area contributed by atoms with E-state index in [1.807, 2.05) is 55.6 Å². The van der Waals surface area contributed by atoms with Crippen molar-refractivity contribution in [3.05, 3.63) is 83.7 Å². The van der Waals surface area contributed by atoms with E-state index in [0.717, 1.165) is 16.8 Å². The number of carbonyl (C=O) groups excluding carboxylic acids is 2. The Kier molecular flexibility index (Phi) is 5.66. The molecule has 1 amide bonds. The van der Waals surface area contributed by atoms with Crippen molar-refractivity contribution < 1.29 is 14.3 Å². The second kappa shape index (κ2) is 8.31. The largest absolute Gasteiger partial charge is 0.468 e. The Morgan fingerprint density at radius 3 is 2.37 bits per heavy atom. The first-order valence-electron chi connectivity index (χ1n) is 8.58. The van der Waals surface area contributed by atoms with Crippen LogP contribution < -0.4 is 0 Å². The predicted molar refractivity (Wildman–Crippen MR) is 101 cm³/mol. The lowest BCUT2D eigenvalue weighted by molar-refractivity contribution is -0.141. The molecule has 6 heteroatoms. The van der Waals surface area contributed by atoms with E-state index in [2.05, 4.69) is 5.10 Å². The average molecular weight is 363 g/mol. The summed E-state index contributed by atoms with van der Waals surface area (Å²) in [6.07, 6.45) is 3.69. The van der Waals surface area contributed by atoms with Gasteiger partial charge in [0.25, 0.3) is 5.91 Å². The zero-order valence-corrected chi connectivity index (χ0v) is 15.3. The molecule has 0 atom stereocenters. The molecule has 0 aliphatic rings. The fourth-order valence-corrected chi connectivity index (χ4v) is 2.72. The lowest BCUT2D eigenvalue weighted by atomic mass is 10.1. The lowest BCUT2D eigenvalue weighted by Gasteiger charge is -2.22. The topological polar surface area (TPSA) is 64.4 Å². The van der Waals surface area contributed by atoms with Gasteiger partial charge in [-0.2, -0.15) is 5.10 Å². The van der Waals surface area contributed by atoms with Crippen molar-refractivity contribution in [1.29, 1.82) is 0 Å². The van der Waals surface area contributed by atoms with Crippen LogP contribution in [-0.2, 0) is 16.1 Å². The molecule has 0 unspecified atom stereocenters. The Bertz CT molecular complexity index is 917. The van der Waals surface area contributed by atoms with E-state index in [4.69, 9.17) is 4.74 Å². The van der Waals surface area contributed by atoms with Gasteiger partial charge >= 0.3 is 5.97 Å². The molecule has 1 aromatic heterocycles. The van der Waals surface area contributed by atoms with E-state index in [0.29, 0.717) is 12.1 Å². The van der Waals surface area contributed by atoms with E-state index >= 15 is 0 Å². The fourth-order valence-electron chi connectivity index (χ4n) is 2.72. The minimum Gasteiger partial charge on any atom is -0.468 e. The van der Waals surface area contributed by atoms with Gasteiger partial charge in [0.2, 0.25) is 0 Å². The normalized spacial score (nSPS) is 10.4. The highest BCUT2D eigenvalue weighted by atomic mass is 16.5. The van der Waals surface area contributed by atoms with E-state index in [-0.39, 0.29) is 12.5 Å². The van der Waals surface area contributed by atoms with Crippen molar-refractivity contribution in [3.63, 3.8) is 0 Å². The van der Waals surface area contributed by atoms with Crippen LogP contribution in [0.15, 0.2) is 67.0 Å². The Morgan fingerprint density at radius 2 is 1.78 bits per heavy atom. The van der Waals surface area contributed by atoms with Gasteiger partial charge in [0.15, 0.2) is 0 Å². The van der Waals surface area contributed by atoms with Gasteiger partial charge in [-0.25, -0.2) is 4.68 Å². The first-order chi connectivity index (χ1) is 13.1. The minimum absolute atomic E-state index is 0.107. The average Bonchev–Trinajstić information content (AvgIpc) is 3.14. The van der Waals surface area contributed by atoms with Gasteiger partial charge in [-0.05, 0) is 42.3 Å². The summed E-state index contributed by atoms with van der Waals surface area (Å²) in [6, 6.07) is 16.7. The molecule has 138 valence electrons. The Labute approximate surface area is 158 Å². The molecule has 3 aromatic rings. The molecule has 3 rings (SSSR count). The molecule has 0 spiro atoms. The molecule has 0 saturated carbocycles. The number of hydrogen-bond acceptors (Lipinski definition) is 4. The Morgan fingerprint density at radius 1 is 1.07 bits per heavy atom. The van der Waals surface area contributed by atoms with Crippen LogP contribution in [0.3, 0.4) is 0 Å². The molecule has 0 aliphatic carbocycles. The maximum absolute atomic E-state index is 12.9. The highest BCUT2D eigenvalue weighted by Crippen LogP contribution is 2.14. The standard InChI is InChI=1S/C21H21N3O3/c1-16-12-22-24(13-16)19-10-8-18(9-11-19)21(26)23(15-20(25)27-2)14-17-6-4-3-5-7-17/h3-13H,14-15H2,1-2H3. The van der Waals surface area contributed by atoms with Crippen LogP contribution in [0.4, 0.5) is 0 Å². The number of rotatable bonds is 6. The number of nitrogens with zero attached hydrogens (tertiary/aromatic N) is 3. The van der Waals surface area contributed by atoms with E-state index in [1.54, 1.807) is 23.0 Å². The molecule has 0 N–H and O–H groups in total. The summed E-state index contributed by atoms with van der Waals surface area (Å²) in [5.41, 5.74) is 3.37. The summed E-state index contributed by atoms with van der Waals surface area (Å²) in [5.74, 6) is -0.685. The smallest absolute Gasteiger partial charge is 0.325 e. The summed E-state index contributed by atoms with van der Waals surface area (Å²) in [7, 11) is 1.31. The summed E-state index contributed by atoms with van der Waals surface area (Å²) >= 11 is 0. The van der Waals surface area contributed by atoms with Gasteiger partial charge in [0.05, 0.1) is 19.0 Å². The molecule has 0 aliphatic heterocycles. The number of esters is 1. The molecule has 0 radical (unpaired) electrons. The first kappa shape index (κ1) is 18.4. The van der Waals surface area contributed by atoms with Crippen LogP contribution in [0.25, 0.3) is 5.69 Å². The third kappa shape index (κ3) is 4.61. The number of carbonyl (C=O) groups is 2. The lowest BCUT2D eigenvalue weighted by Crippen LogP contribution is -2.35. The van der Waals surface area contributed by atoms with Crippen LogP contribution in [0.2, 0.25) is 0 Å². The third-order valence-electron chi connectivity index (χ3n) is 4.14. The highest BCUT2D eigenvalue weighted by Gasteiger charge is 2.19. The van der Waals surface area contributed by atoms with Gasteiger partial charge in [-0.1, -0.05) is 30.3 Å². The van der Waals surface area contributed by atoms with Crippen molar-refractivity contribution >= 4 is 11.9 Å². The second-order valence-electron chi connectivity index (χ2n) is 6.23. The number of aromatic nitrogens is 2. The quantitative estimate of drug-likeness (QED) is 0.632. The van der Waals surface area contributed by atoms with E-state index in [1.165, 1.54) is 12.0 Å². The molecule has 2 aromatic carbocycles. The van der Waals surface area contributed by atoms with Crippen molar-refractivity contribution in [1.82, 2.24) is 14.7 Å².